The number of aliphatic hydroxyl groups is 4. The molecule has 0 aromatic heterocycles. The maximum Gasteiger partial charge on any atom is 0.328 e. The van der Waals surface area contributed by atoms with E-state index >= 15 is 0 Å². The number of hydrogen-bond acceptors (Lipinski definition) is 9. The number of amides is 1. The van der Waals surface area contributed by atoms with Crippen LogP contribution in [0, 0.1) is 17.3 Å². The van der Waals surface area contributed by atoms with Crippen LogP contribution in [0.4, 0.5) is 0 Å². The zero-order chi connectivity index (χ0) is 36.1. The smallest absolute Gasteiger partial charge is 0.328 e. The lowest BCUT2D eigenvalue weighted by Crippen LogP contribution is -2.69. The number of carboxylic acids is 1. The van der Waals surface area contributed by atoms with E-state index in [1.165, 1.54) is 6.08 Å². The molecule has 0 saturated carbocycles. The summed E-state index contributed by atoms with van der Waals surface area (Å²) in [7, 11) is 1.61. The molecular formula is C37H55NO10. The summed E-state index contributed by atoms with van der Waals surface area (Å²) < 4.78 is 17.9. The Labute approximate surface area is 284 Å². The molecule has 10 atom stereocenters. The number of nitrogens with one attached hydrogen (secondary N) is 1. The zero-order valence-corrected chi connectivity index (χ0v) is 29.1. The highest BCUT2D eigenvalue weighted by molar-refractivity contribution is 5.80. The van der Waals surface area contributed by atoms with Gasteiger partial charge in [0.05, 0.1) is 36.4 Å². The van der Waals surface area contributed by atoms with Gasteiger partial charge in [-0.1, -0.05) is 101 Å². The van der Waals surface area contributed by atoms with Gasteiger partial charge in [0.15, 0.2) is 0 Å². The first-order chi connectivity index (χ1) is 22.6. The topological polar surface area (TPSA) is 175 Å². The van der Waals surface area contributed by atoms with Crippen molar-refractivity contribution in [1.29, 1.82) is 0 Å². The quantitative estimate of drug-likeness (QED) is 0.105. The third-order valence-corrected chi connectivity index (χ3v) is 9.06. The molecule has 2 saturated heterocycles. The van der Waals surface area contributed by atoms with E-state index in [1.807, 2.05) is 32.9 Å². The summed E-state index contributed by atoms with van der Waals surface area (Å²) in [5, 5.41) is 55.3. The molecule has 0 spiro atoms. The van der Waals surface area contributed by atoms with Crippen molar-refractivity contribution < 1.29 is 49.3 Å². The van der Waals surface area contributed by atoms with E-state index in [1.54, 1.807) is 82.6 Å². The van der Waals surface area contributed by atoms with Crippen LogP contribution in [0.15, 0.2) is 84.6 Å². The van der Waals surface area contributed by atoms with Gasteiger partial charge in [-0.2, -0.15) is 0 Å². The summed E-state index contributed by atoms with van der Waals surface area (Å²) >= 11 is 0. The van der Waals surface area contributed by atoms with Crippen LogP contribution in [0.5, 0.6) is 0 Å². The fourth-order valence-electron chi connectivity index (χ4n) is 6.09. The number of rotatable bonds is 16. The van der Waals surface area contributed by atoms with Gasteiger partial charge in [-0.25, -0.2) is 4.79 Å². The van der Waals surface area contributed by atoms with E-state index < -0.39 is 59.5 Å². The Bertz CT molecular complexity index is 1260. The lowest BCUT2D eigenvalue weighted by molar-refractivity contribution is -0.359. The van der Waals surface area contributed by atoms with Crippen molar-refractivity contribution >= 4 is 11.9 Å². The largest absolute Gasteiger partial charge is 0.478 e. The standard InChI is InChI=1S/C37H55NO10/c1-8-10-13-20-30-36(5,6)33(42)34(43)37(45,48-30)26(9-2)35(44)38-22-17-16-18-24(3)32(46-7)25(4)29-23-27(39)28(47-29)19-14-11-12-15-21-31(40)41/h8,10-21,25-30,32-34,39,42-43,45H,9,22-23H2,1-7H3,(H,38,44)(H,40,41)/b10-8-,12-11+,17-16+,19-14+,20-13+,21-15+,24-18+/t25-,26+,27+,28+,29-,30-,32+,33-,34+,37+/m0/s1. The summed E-state index contributed by atoms with van der Waals surface area (Å²) in [6.45, 7) is 11.1. The Morgan fingerprint density at radius 2 is 1.69 bits per heavy atom. The van der Waals surface area contributed by atoms with Gasteiger partial charge in [0, 0.05) is 37.5 Å². The average molecular weight is 674 g/mol. The summed E-state index contributed by atoms with van der Waals surface area (Å²) in [4.78, 5) is 23.8. The Balaban J connectivity index is 2.01. The van der Waals surface area contributed by atoms with Gasteiger partial charge >= 0.3 is 5.97 Å². The Hall–Kier alpha value is -3.16. The third-order valence-electron chi connectivity index (χ3n) is 9.06. The van der Waals surface area contributed by atoms with E-state index in [0.717, 1.165) is 11.6 Å². The summed E-state index contributed by atoms with van der Waals surface area (Å²) in [6, 6.07) is 0. The molecule has 268 valence electrons. The van der Waals surface area contributed by atoms with Gasteiger partial charge in [0.2, 0.25) is 11.7 Å². The number of carboxylic acid groups (broad SMARTS) is 1. The molecule has 2 heterocycles. The predicted molar refractivity (Wildman–Crippen MR) is 184 cm³/mol. The Morgan fingerprint density at radius 1 is 1.02 bits per heavy atom. The molecule has 11 nitrogen and oxygen atoms in total. The number of aliphatic hydroxyl groups excluding tert-OH is 3. The molecule has 0 bridgehead atoms. The predicted octanol–water partition coefficient (Wildman–Crippen LogP) is 3.52. The number of methoxy groups -OCH3 is 1. The molecule has 2 fully saturated rings. The van der Waals surface area contributed by atoms with Crippen LogP contribution in [-0.4, -0.2) is 99.6 Å². The van der Waals surface area contributed by atoms with Crippen molar-refractivity contribution in [2.45, 2.75) is 103 Å². The van der Waals surface area contributed by atoms with Crippen molar-refractivity contribution in [1.82, 2.24) is 5.32 Å². The van der Waals surface area contributed by atoms with Crippen molar-refractivity contribution in [3.05, 3.63) is 84.6 Å². The van der Waals surface area contributed by atoms with Gasteiger partial charge in [0.1, 0.15) is 12.2 Å². The molecule has 1 amide bonds. The molecule has 0 aromatic carbocycles. The molecule has 0 aromatic rings. The van der Waals surface area contributed by atoms with Crippen LogP contribution >= 0.6 is 0 Å². The number of ether oxygens (including phenoxy) is 3. The van der Waals surface area contributed by atoms with Gasteiger partial charge in [0.25, 0.3) is 0 Å². The maximum absolute atomic E-state index is 13.2. The molecule has 6 N–H and O–H groups in total. The number of hydrogen-bond donors (Lipinski definition) is 6. The fourth-order valence-corrected chi connectivity index (χ4v) is 6.09. The lowest BCUT2D eigenvalue weighted by Gasteiger charge is -2.53. The molecule has 2 aliphatic rings. The normalized spacial score (nSPS) is 31.9. The van der Waals surface area contributed by atoms with Crippen molar-refractivity contribution in [2.75, 3.05) is 13.7 Å². The Kier molecular flexibility index (Phi) is 16.4. The van der Waals surface area contributed by atoms with E-state index in [0.29, 0.717) is 6.42 Å². The molecule has 0 radical (unpaired) electrons. The third kappa shape index (κ3) is 10.7. The number of carbonyl (C=O) groups is 2. The molecule has 48 heavy (non-hydrogen) atoms. The highest BCUT2D eigenvalue weighted by Crippen LogP contribution is 2.44. The first-order valence-corrected chi connectivity index (χ1v) is 16.4. The first-order valence-electron chi connectivity index (χ1n) is 16.4. The molecule has 0 unspecified atom stereocenters. The Morgan fingerprint density at radius 3 is 2.31 bits per heavy atom. The highest BCUT2D eigenvalue weighted by Gasteiger charge is 2.60. The van der Waals surface area contributed by atoms with Crippen LogP contribution < -0.4 is 5.32 Å². The summed E-state index contributed by atoms with van der Waals surface area (Å²) in [6.07, 6.45) is 16.5. The maximum atomic E-state index is 13.2. The zero-order valence-electron chi connectivity index (χ0n) is 29.1. The molecule has 2 aliphatic heterocycles. The minimum atomic E-state index is -2.30. The van der Waals surface area contributed by atoms with Gasteiger partial charge < -0.3 is 45.1 Å². The fraction of sp³-hybridized carbons (Fsp3) is 0.568. The average Bonchev–Trinajstić information content (AvgIpc) is 3.41. The van der Waals surface area contributed by atoms with E-state index in [2.05, 4.69) is 5.32 Å². The molecule has 0 aliphatic carbocycles. The van der Waals surface area contributed by atoms with Crippen LogP contribution in [0.3, 0.4) is 0 Å². The minimum absolute atomic E-state index is 0.0913. The second-order valence-electron chi connectivity index (χ2n) is 12.9. The SMILES string of the molecule is C/C=C\C=C\[C@@H]1O[C@](O)([C@H](CC)C(=O)NC/C=C/C=C(\C)[C@@H](OC)[C@@H](C)[C@@H]2C[C@@H](O)[C@@H](/C=C/C=C/C=C/C(=O)O)O2)[C@H](O)[C@H](O)C1(C)C. The van der Waals surface area contributed by atoms with Crippen molar-refractivity contribution in [2.24, 2.45) is 17.3 Å². The van der Waals surface area contributed by atoms with Crippen LogP contribution in [0.25, 0.3) is 0 Å². The van der Waals surface area contributed by atoms with Crippen LogP contribution in [0.1, 0.15) is 54.4 Å². The number of aliphatic carboxylic acids is 1. The number of allylic oxidation sites excluding steroid dienone is 9. The number of carbonyl (C=O) groups excluding carboxylic acids is 1. The van der Waals surface area contributed by atoms with Crippen LogP contribution in [-0.2, 0) is 23.8 Å². The molecule has 2 rings (SSSR count). The van der Waals surface area contributed by atoms with Gasteiger partial charge in [-0.3, -0.25) is 4.79 Å². The first kappa shape index (κ1) is 41.0. The van der Waals surface area contributed by atoms with Gasteiger partial charge in [-0.15, -0.1) is 0 Å². The lowest BCUT2D eigenvalue weighted by atomic mass is 9.71. The highest BCUT2D eigenvalue weighted by atomic mass is 16.7. The molecular weight excluding hydrogens is 618 g/mol. The van der Waals surface area contributed by atoms with Crippen molar-refractivity contribution in [3.63, 3.8) is 0 Å². The van der Waals surface area contributed by atoms with E-state index in [-0.39, 0.29) is 31.1 Å². The minimum Gasteiger partial charge on any atom is -0.478 e. The van der Waals surface area contributed by atoms with Crippen LogP contribution in [0.2, 0.25) is 0 Å². The van der Waals surface area contributed by atoms with E-state index in [9.17, 15) is 30.0 Å². The monoisotopic (exact) mass is 673 g/mol. The summed E-state index contributed by atoms with van der Waals surface area (Å²) in [5.74, 6) is -5.10. The van der Waals surface area contributed by atoms with Gasteiger partial charge in [-0.05, 0) is 25.8 Å². The second kappa shape index (κ2) is 19.1. The second-order valence-corrected chi connectivity index (χ2v) is 12.9. The van der Waals surface area contributed by atoms with Crippen molar-refractivity contribution in [3.8, 4) is 0 Å². The summed E-state index contributed by atoms with van der Waals surface area (Å²) in [5.41, 5.74) is -0.0158. The molecule has 11 heteroatoms. The van der Waals surface area contributed by atoms with E-state index in [4.69, 9.17) is 19.3 Å².